The van der Waals surface area contributed by atoms with Gasteiger partial charge in [-0.1, -0.05) is 6.92 Å². The molecule has 0 bridgehead atoms. The first-order valence-corrected chi connectivity index (χ1v) is 11.2. The summed E-state index contributed by atoms with van der Waals surface area (Å²) in [5.41, 5.74) is 1.70. The van der Waals surface area contributed by atoms with E-state index in [1.807, 2.05) is 11.0 Å². The molecule has 142 valence electrons. The summed E-state index contributed by atoms with van der Waals surface area (Å²) in [5.74, 6) is -0.0833. The van der Waals surface area contributed by atoms with E-state index in [0.29, 0.717) is 12.1 Å². The molecule has 27 heavy (non-hydrogen) atoms. The maximum atomic E-state index is 13.0. The number of nitrogens with one attached hydrogen (secondary N) is 1. The highest BCUT2D eigenvalue weighted by molar-refractivity contribution is 7.89. The molecule has 8 heteroatoms. The molecule has 1 aliphatic heterocycles. The molecule has 0 aliphatic carbocycles. The minimum absolute atomic E-state index is 0.0588. The monoisotopic (exact) mass is 403 g/mol. The van der Waals surface area contributed by atoms with Crippen LogP contribution in [0.4, 0.5) is 0 Å². The zero-order chi connectivity index (χ0) is 19.4. The summed E-state index contributed by atoms with van der Waals surface area (Å²) >= 11 is 1.74. The predicted molar refractivity (Wildman–Crippen MR) is 104 cm³/mol. The van der Waals surface area contributed by atoms with Crippen LogP contribution in [-0.4, -0.2) is 32.3 Å². The van der Waals surface area contributed by atoms with Crippen LogP contribution in [0.5, 0.6) is 0 Å². The van der Waals surface area contributed by atoms with Gasteiger partial charge >= 0.3 is 0 Å². The number of carbonyl (C=O) groups is 1. The zero-order valence-corrected chi connectivity index (χ0v) is 16.6. The van der Waals surface area contributed by atoms with Gasteiger partial charge in [-0.15, -0.1) is 11.3 Å². The van der Waals surface area contributed by atoms with Gasteiger partial charge in [0.05, 0.1) is 17.0 Å². The van der Waals surface area contributed by atoms with Crippen LogP contribution in [0.15, 0.2) is 40.6 Å². The van der Waals surface area contributed by atoms with Crippen molar-refractivity contribution in [1.29, 1.82) is 5.26 Å². The van der Waals surface area contributed by atoms with Crippen LogP contribution in [0.1, 0.15) is 46.6 Å². The maximum Gasteiger partial charge on any atom is 0.254 e. The molecule has 1 atom stereocenters. The van der Waals surface area contributed by atoms with Gasteiger partial charge < -0.3 is 4.90 Å². The molecular weight excluding hydrogens is 382 g/mol. The second kappa shape index (κ2) is 8.21. The second-order valence-electron chi connectivity index (χ2n) is 6.30. The number of benzene rings is 1. The number of nitrogens with zero attached hydrogens (tertiary/aromatic N) is 2. The third kappa shape index (κ3) is 4.05. The fourth-order valence-corrected chi connectivity index (χ4v) is 5.31. The number of nitriles is 1. The zero-order valence-electron chi connectivity index (χ0n) is 15.0. The number of carbonyl (C=O) groups excluding carboxylic acids is 1. The maximum absolute atomic E-state index is 13.0. The van der Waals surface area contributed by atoms with E-state index in [1.54, 1.807) is 23.5 Å². The van der Waals surface area contributed by atoms with Crippen molar-refractivity contribution in [2.75, 3.05) is 13.1 Å². The van der Waals surface area contributed by atoms with Crippen LogP contribution < -0.4 is 4.72 Å². The molecule has 0 saturated heterocycles. The van der Waals surface area contributed by atoms with Crippen LogP contribution in [0.25, 0.3) is 0 Å². The standard InChI is InChI=1S/C19H21N3O3S2/c1-2-17-16-9-13-26-18(16)8-12-22(17)19(23)14-4-6-15(7-5-14)27(24,25)21-11-3-10-20/h4-7,9,13,17,21H,2-3,8,11-12H2,1H3. The van der Waals surface area contributed by atoms with Crippen molar-refractivity contribution in [3.8, 4) is 6.07 Å². The van der Waals surface area contributed by atoms with E-state index in [1.165, 1.54) is 22.6 Å². The van der Waals surface area contributed by atoms with E-state index < -0.39 is 10.0 Å². The molecule has 3 rings (SSSR count). The van der Waals surface area contributed by atoms with Crippen molar-refractivity contribution in [2.24, 2.45) is 0 Å². The van der Waals surface area contributed by atoms with Crippen molar-refractivity contribution in [3.63, 3.8) is 0 Å². The van der Waals surface area contributed by atoms with Gasteiger partial charge in [0.25, 0.3) is 5.91 Å². The Morgan fingerprint density at radius 1 is 1.33 bits per heavy atom. The first kappa shape index (κ1) is 19.5. The lowest BCUT2D eigenvalue weighted by Crippen LogP contribution is -2.39. The Kier molecular flexibility index (Phi) is 5.95. The molecule has 1 aliphatic rings. The molecule has 0 radical (unpaired) electrons. The summed E-state index contributed by atoms with van der Waals surface area (Å²) in [4.78, 5) is 16.3. The molecular formula is C19H21N3O3S2. The third-order valence-electron chi connectivity index (χ3n) is 4.68. The lowest BCUT2D eigenvalue weighted by molar-refractivity contribution is 0.0657. The van der Waals surface area contributed by atoms with Crippen molar-refractivity contribution >= 4 is 27.3 Å². The van der Waals surface area contributed by atoms with Gasteiger partial charge in [-0.2, -0.15) is 5.26 Å². The summed E-state index contributed by atoms with van der Waals surface area (Å²) in [6, 6.07) is 10.0. The van der Waals surface area contributed by atoms with E-state index >= 15 is 0 Å². The van der Waals surface area contributed by atoms with E-state index in [2.05, 4.69) is 23.1 Å². The van der Waals surface area contributed by atoms with Gasteiger partial charge in [0.1, 0.15) is 0 Å². The summed E-state index contributed by atoms with van der Waals surface area (Å²) in [7, 11) is -3.67. The Hall–Kier alpha value is -2.21. The topological polar surface area (TPSA) is 90.3 Å². The Labute approximate surface area is 163 Å². The van der Waals surface area contributed by atoms with Gasteiger partial charge in [-0.25, -0.2) is 13.1 Å². The molecule has 0 spiro atoms. The van der Waals surface area contributed by atoms with Gasteiger partial charge in [-0.05, 0) is 54.1 Å². The highest BCUT2D eigenvalue weighted by Gasteiger charge is 2.31. The number of sulfonamides is 1. The minimum Gasteiger partial charge on any atom is -0.331 e. The average molecular weight is 404 g/mol. The summed E-state index contributed by atoms with van der Waals surface area (Å²) in [6.07, 6.45) is 1.79. The van der Waals surface area contributed by atoms with Crippen LogP contribution in [0, 0.1) is 11.3 Å². The molecule has 1 amide bonds. The van der Waals surface area contributed by atoms with Gasteiger partial charge in [0, 0.05) is 30.0 Å². The first-order chi connectivity index (χ1) is 13.0. The lowest BCUT2D eigenvalue weighted by Gasteiger charge is -2.35. The molecule has 1 unspecified atom stereocenters. The second-order valence-corrected chi connectivity index (χ2v) is 9.07. The molecule has 0 fully saturated rings. The largest absolute Gasteiger partial charge is 0.331 e. The van der Waals surface area contributed by atoms with E-state index in [0.717, 1.165) is 12.8 Å². The Morgan fingerprint density at radius 3 is 2.74 bits per heavy atom. The Morgan fingerprint density at radius 2 is 2.07 bits per heavy atom. The number of amides is 1. The molecule has 0 saturated carbocycles. The molecule has 2 aromatic rings. The first-order valence-electron chi connectivity index (χ1n) is 8.82. The van der Waals surface area contributed by atoms with Gasteiger partial charge in [0.15, 0.2) is 0 Å². The Balaban J connectivity index is 1.77. The van der Waals surface area contributed by atoms with Gasteiger partial charge in [-0.3, -0.25) is 4.79 Å². The minimum atomic E-state index is -3.67. The predicted octanol–water partition coefficient (Wildman–Crippen LogP) is 3.09. The normalized spacial score (nSPS) is 16.6. The fraction of sp³-hybridized carbons (Fsp3) is 0.368. The number of rotatable bonds is 6. The summed E-state index contributed by atoms with van der Waals surface area (Å²) < 4.78 is 26.7. The summed E-state index contributed by atoms with van der Waals surface area (Å²) in [5, 5.41) is 10.6. The number of hydrogen-bond donors (Lipinski definition) is 1. The molecule has 1 aromatic heterocycles. The third-order valence-corrected chi connectivity index (χ3v) is 7.16. The van der Waals surface area contributed by atoms with Gasteiger partial charge in [0.2, 0.25) is 10.0 Å². The molecule has 1 aromatic carbocycles. The van der Waals surface area contributed by atoms with E-state index in [4.69, 9.17) is 5.26 Å². The molecule has 6 nitrogen and oxygen atoms in total. The molecule has 1 N–H and O–H groups in total. The van der Waals surface area contributed by atoms with E-state index in [9.17, 15) is 13.2 Å². The number of hydrogen-bond acceptors (Lipinski definition) is 5. The van der Waals surface area contributed by atoms with Crippen molar-refractivity contribution in [3.05, 3.63) is 51.7 Å². The lowest BCUT2D eigenvalue weighted by atomic mass is 9.97. The summed E-state index contributed by atoms with van der Waals surface area (Å²) in [6.45, 7) is 2.80. The van der Waals surface area contributed by atoms with Crippen LogP contribution in [0.2, 0.25) is 0 Å². The van der Waals surface area contributed by atoms with Crippen LogP contribution in [0.3, 0.4) is 0 Å². The number of fused-ring (bicyclic) bond motifs is 1. The van der Waals surface area contributed by atoms with Crippen molar-refractivity contribution < 1.29 is 13.2 Å². The fourth-order valence-electron chi connectivity index (χ4n) is 3.35. The highest BCUT2D eigenvalue weighted by Crippen LogP contribution is 2.36. The van der Waals surface area contributed by atoms with Crippen LogP contribution >= 0.6 is 11.3 Å². The Bertz CT molecular complexity index is 959. The van der Waals surface area contributed by atoms with Crippen LogP contribution in [-0.2, 0) is 16.4 Å². The van der Waals surface area contributed by atoms with E-state index in [-0.39, 0.29) is 29.8 Å². The molecule has 2 heterocycles. The van der Waals surface area contributed by atoms with Crippen molar-refractivity contribution in [1.82, 2.24) is 9.62 Å². The smallest absolute Gasteiger partial charge is 0.254 e. The highest BCUT2D eigenvalue weighted by atomic mass is 32.2. The SMILES string of the molecule is CCC1c2ccsc2CCN1C(=O)c1ccc(S(=O)(=O)NCCC#N)cc1. The number of thiophene rings is 1. The quantitative estimate of drug-likeness (QED) is 0.751. The average Bonchev–Trinajstić information content (AvgIpc) is 3.15. The van der Waals surface area contributed by atoms with Crippen molar-refractivity contribution in [2.45, 2.75) is 37.1 Å².